The van der Waals surface area contributed by atoms with Gasteiger partial charge < -0.3 is 5.11 Å². The zero-order valence-corrected chi connectivity index (χ0v) is 12.8. The van der Waals surface area contributed by atoms with Gasteiger partial charge in [0.25, 0.3) is 0 Å². The number of hydrogen-bond donors (Lipinski definition) is 2. The molecule has 0 saturated carbocycles. The van der Waals surface area contributed by atoms with Crippen LogP contribution in [0.2, 0.25) is 0 Å². The average molecular weight is 313 g/mol. The van der Waals surface area contributed by atoms with E-state index in [0.717, 1.165) is 9.87 Å². The molecule has 1 aliphatic carbocycles. The van der Waals surface area contributed by atoms with Crippen LogP contribution in [-0.4, -0.2) is 34.9 Å². The number of nitrogens with zero attached hydrogens (tertiary/aromatic N) is 1. The summed E-state index contributed by atoms with van der Waals surface area (Å²) in [5.41, 5.74) is 1.73. The molecule has 1 aromatic rings. The average Bonchev–Trinajstić information content (AvgIpc) is 2.76. The van der Waals surface area contributed by atoms with Crippen LogP contribution in [0, 0.1) is 5.92 Å². The quantitative estimate of drug-likeness (QED) is 0.812. The van der Waals surface area contributed by atoms with Crippen molar-refractivity contribution in [2.75, 3.05) is 6.54 Å². The molecule has 1 aliphatic rings. The fraction of sp³-hybridized carbons (Fsp3) is 0.500. The van der Waals surface area contributed by atoms with Crippen LogP contribution in [0.4, 0.5) is 0 Å². The number of carboxylic acids is 1. The van der Waals surface area contributed by atoms with Crippen molar-refractivity contribution in [1.82, 2.24) is 4.31 Å². The summed E-state index contributed by atoms with van der Waals surface area (Å²) in [5.74, 6) is -0.996. The molecule has 6 nitrogen and oxygen atoms in total. The molecule has 0 saturated heterocycles. The molecule has 7 heteroatoms. The Balaban J connectivity index is 2.43. The SMILES string of the molecule is CC(C)CN(C1CCc2ccc(C(=O)O)cc21)S(=O)(=O)O. The van der Waals surface area contributed by atoms with Gasteiger partial charge in [-0.2, -0.15) is 12.7 Å². The maximum Gasteiger partial charge on any atom is 0.336 e. The highest BCUT2D eigenvalue weighted by molar-refractivity contribution is 7.83. The minimum Gasteiger partial charge on any atom is -0.478 e. The van der Waals surface area contributed by atoms with Crippen molar-refractivity contribution in [3.63, 3.8) is 0 Å². The van der Waals surface area contributed by atoms with Gasteiger partial charge in [0.15, 0.2) is 0 Å². The summed E-state index contributed by atoms with van der Waals surface area (Å²) in [4.78, 5) is 11.1. The molecule has 0 spiro atoms. The van der Waals surface area contributed by atoms with Crippen LogP contribution in [0.3, 0.4) is 0 Å². The third kappa shape index (κ3) is 3.42. The van der Waals surface area contributed by atoms with Crippen molar-refractivity contribution in [3.8, 4) is 0 Å². The predicted octanol–water partition coefficient (Wildman–Crippen LogP) is 2.13. The molecular formula is C14H19NO5S. The second kappa shape index (κ2) is 5.75. The number of carbonyl (C=O) groups is 1. The molecule has 116 valence electrons. The minimum absolute atomic E-state index is 0.0543. The third-order valence-corrected chi connectivity index (χ3v) is 4.62. The fourth-order valence-electron chi connectivity index (χ4n) is 2.75. The van der Waals surface area contributed by atoms with E-state index in [0.29, 0.717) is 18.4 Å². The van der Waals surface area contributed by atoms with Gasteiger partial charge >= 0.3 is 16.3 Å². The Bertz CT molecular complexity index is 653. The van der Waals surface area contributed by atoms with Gasteiger partial charge in [-0.3, -0.25) is 4.55 Å². The van der Waals surface area contributed by atoms with Gasteiger partial charge in [0.2, 0.25) is 0 Å². The Kier molecular flexibility index (Phi) is 4.36. The van der Waals surface area contributed by atoms with Crippen molar-refractivity contribution in [2.24, 2.45) is 5.92 Å². The molecule has 0 radical (unpaired) electrons. The maximum atomic E-state index is 11.6. The lowest BCUT2D eigenvalue weighted by Gasteiger charge is -2.27. The number of hydrogen-bond acceptors (Lipinski definition) is 3. The van der Waals surface area contributed by atoms with E-state index < -0.39 is 22.3 Å². The van der Waals surface area contributed by atoms with Crippen LogP contribution in [0.1, 0.15) is 47.8 Å². The Hall–Kier alpha value is -1.44. The first-order chi connectivity index (χ1) is 9.70. The molecular weight excluding hydrogens is 294 g/mol. The highest BCUT2D eigenvalue weighted by Crippen LogP contribution is 2.37. The lowest BCUT2D eigenvalue weighted by molar-refractivity contribution is 0.0696. The van der Waals surface area contributed by atoms with Crippen LogP contribution in [-0.2, 0) is 16.7 Å². The number of benzene rings is 1. The number of rotatable bonds is 5. The van der Waals surface area contributed by atoms with Gasteiger partial charge in [-0.1, -0.05) is 19.9 Å². The number of aryl methyl sites for hydroxylation is 1. The molecule has 0 aliphatic heterocycles. The summed E-state index contributed by atoms with van der Waals surface area (Å²) in [7, 11) is -4.33. The highest BCUT2D eigenvalue weighted by Gasteiger charge is 2.35. The zero-order valence-electron chi connectivity index (χ0n) is 12.0. The van der Waals surface area contributed by atoms with Gasteiger partial charge in [-0.05, 0) is 42.0 Å². The van der Waals surface area contributed by atoms with E-state index in [4.69, 9.17) is 5.11 Å². The summed E-state index contributed by atoms with van der Waals surface area (Å²) in [6, 6.07) is 4.24. The number of aromatic carboxylic acids is 1. The van der Waals surface area contributed by atoms with Crippen molar-refractivity contribution >= 4 is 16.3 Å². The molecule has 1 atom stereocenters. The van der Waals surface area contributed by atoms with Gasteiger partial charge in [0.05, 0.1) is 11.6 Å². The first-order valence-electron chi connectivity index (χ1n) is 6.80. The Morgan fingerprint density at radius 2 is 2.10 bits per heavy atom. The van der Waals surface area contributed by atoms with Gasteiger partial charge in [-0.25, -0.2) is 4.79 Å². The monoisotopic (exact) mass is 313 g/mol. The molecule has 0 heterocycles. The van der Waals surface area contributed by atoms with Crippen LogP contribution >= 0.6 is 0 Å². The normalized spacial score (nSPS) is 18.2. The van der Waals surface area contributed by atoms with Crippen LogP contribution in [0.25, 0.3) is 0 Å². The molecule has 0 aromatic heterocycles. The van der Waals surface area contributed by atoms with Crippen LogP contribution in [0.5, 0.6) is 0 Å². The van der Waals surface area contributed by atoms with Crippen molar-refractivity contribution in [1.29, 1.82) is 0 Å². The van der Waals surface area contributed by atoms with E-state index in [2.05, 4.69) is 0 Å². The number of fused-ring (bicyclic) bond motifs is 1. The van der Waals surface area contributed by atoms with E-state index in [1.165, 1.54) is 12.1 Å². The van der Waals surface area contributed by atoms with Crippen molar-refractivity contribution in [2.45, 2.75) is 32.7 Å². The molecule has 0 bridgehead atoms. The summed E-state index contributed by atoms with van der Waals surface area (Å²) >= 11 is 0. The first kappa shape index (κ1) is 15.9. The summed E-state index contributed by atoms with van der Waals surface area (Å²) in [6.07, 6.45) is 1.22. The molecule has 1 aromatic carbocycles. The highest BCUT2D eigenvalue weighted by atomic mass is 32.2. The molecule has 2 rings (SSSR count). The number of carboxylic acid groups (broad SMARTS) is 1. The van der Waals surface area contributed by atoms with Gasteiger partial charge in [0.1, 0.15) is 0 Å². The minimum atomic E-state index is -4.33. The molecule has 21 heavy (non-hydrogen) atoms. The molecule has 0 fully saturated rings. The summed E-state index contributed by atoms with van der Waals surface area (Å²) in [6.45, 7) is 3.92. The van der Waals surface area contributed by atoms with E-state index in [1.807, 2.05) is 13.8 Å². The van der Waals surface area contributed by atoms with E-state index in [9.17, 15) is 17.8 Å². The van der Waals surface area contributed by atoms with E-state index in [-0.39, 0.29) is 18.0 Å². The Morgan fingerprint density at radius 3 is 2.62 bits per heavy atom. The largest absolute Gasteiger partial charge is 0.478 e. The second-order valence-electron chi connectivity index (χ2n) is 5.71. The molecule has 0 amide bonds. The lowest BCUT2D eigenvalue weighted by Crippen LogP contribution is -2.36. The van der Waals surface area contributed by atoms with Crippen molar-refractivity contribution < 1.29 is 22.9 Å². The molecule has 1 unspecified atom stereocenters. The lowest BCUT2D eigenvalue weighted by atomic mass is 10.0. The summed E-state index contributed by atoms with van der Waals surface area (Å²) in [5, 5.41) is 9.07. The second-order valence-corrected chi connectivity index (χ2v) is 7.08. The standard InChI is InChI=1S/C14H19NO5S/c1-9(2)8-15(21(18,19)20)13-6-5-10-3-4-11(14(16)17)7-12(10)13/h3-4,7,9,13H,5-6,8H2,1-2H3,(H,16,17)(H,18,19,20). The topological polar surface area (TPSA) is 94.9 Å². The van der Waals surface area contributed by atoms with Crippen LogP contribution < -0.4 is 0 Å². The van der Waals surface area contributed by atoms with Crippen molar-refractivity contribution in [3.05, 3.63) is 34.9 Å². The smallest absolute Gasteiger partial charge is 0.336 e. The fourth-order valence-corrected chi connectivity index (χ4v) is 3.78. The maximum absolute atomic E-state index is 11.6. The van der Waals surface area contributed by atoms with Crippen LogP contribution in [0.15, 0.2) is 18.2 Å². The summed E-state index contributed by atoms with van der Waals surface area (Å²) < 4.78 is 33.8. The third-order valence-electron chi connectivity index (χ3n) is 3.63. The predicted molar refractivity (Wildman–Crippen MR) is 77.6 cm³/mol. The zero-order chi connectivity index (χ0) is 15.8. The van der Waals surface area contributed by atoms with Gasteiger partial charge in [-0.15, -0.1) is 0 Å². The Labute approximate surface area is 124 Å². The Morgan fingerprint density at radius 1 is 1.43 bits per heavy atom. The van der Waals surface area contributed by atoms with E-state index >= 15 is 0 Å². The molecule has 2 N–H and O–H groups in total. The van der Waals surface area contributed by atoms with E-state index in [1.54, 1.807) is 6.07 Å². The van der Waals surface area contributed by atoms with Gasteiger partial charge in [0, 0.05) is 6.54 Å². The first-order valence-corrected chi connectivity index (χ1v) is 8.20.